The van der Waals surface area contributed by atoms with E-state index in [0.717, 1.165) is 22.2 Å². The average Bonchev–Trinajstić information content (AvgIpc) is 2.67. The third-order valence-electron chi connectivity index (χ3n) is 2.55. The number of nitrogens with zero attached hydrogens (tertiary/aromatic N) is 1. The first-order chi connectivity index (χ1) is 9.11. The van der Waals surface area contributed by atoms with Gasteiger partial charge in [0, 0.05) is 7.05 Å². The van der Waals surface area contributed by atoms with E-state index >= 15 is 0 Å². The predicted octanol–water partition coefficient (Wildman–Crippen LogP) is 1.47. The van der Waals surface area contributed by atoms with Crippen LogP contribution in [0.4, 0.5) is 4.79 Å². The summed E-state index contributed by atoms with van der Waals surface area (Å²) in [4.78, 5) is 36.2. The molecule has 1 heterocycles. The molecule has 2 rings (SSSR count). The molecule has 19 heavy (non-hydrogen) atoms. The molecule has 1 aromatic carbocycles. The van der Waals surface area contributed by atoms with E-state index in [-0.39, 0.29) is 12.5 Å². The van der Waals surface area contributed by atoms with Gasteiger partial charge in [-0.15, -0.1) is 0 Å². The Hall–Kier alpha value is -2.08. The molecule has 0 radical (unpaired) electrons. The van der Waals surface area contributed by atoms with Crippen molar-refractivity contribution in [2.75, 3.05) is 13.6 Å². The smallest absolute Gasteiger partial charge is 0.294 e. The molecule has 1 N–H and O–H groups in total. The number of hydrogen-bond donors (Lipinski definition) is 1. The lowest BCUT2D eigenvalue weighted by Crippen LogP contribution is -2.38. The summed E-state index contributed by atoms with van der Waals surface area (Å²) in [6.07, 6.45) is 1.65. The van der Waals surface area contributed by atoms with Gasteiger partial charge in [-0.2, -0.15) is 0 Å². The summed E-state index contributed by atoms with van der Waals surface area (Å²) >= 11 is 0.848. The summed E-state index contributed by atoms with van der Waals surface area (Å²) in [6.45, 7) is -0.243. The van der Waals surface area contributed by atoms with Crippen molar-refractivity contribution in [2.45, 2.75) is 0 Å². The first-order valence-corrected chi connectivity index (χ1v) is 6.44. The fraction of sp³-hybridized carbons (Fsp3) is 0.154. The van der Waals surface area contributed by atoms with E-state index in [9.17, 15) is 14.4 Å². The molecule has 5 nitrogen and oxygen atoms in total. The van der Waals surface area contributed by atoms with Crippen molar-refractivity contribution in [2.24, 2.45) is 0 Å². The van der Waals surface area contributed by atoms with Crippen molar-refractivity contribution < 1.29 is 14.4 Å². The normalized spacial score (nSPS) is 17.1. The quantitative estimate of drug-likeness (QED) is 0.849. The number of benzene rings is 1. The average molecular weight is 276 g/mol. The lowest BCUT2D eigenvalue weighted by Gasteiger charge is -2.10. The summed E-state index contributed by atoms with van der Waals surface area (Å²) in [7, 11) is 1.46. The zero-order chi connectivity index (χ0) is 13.8. The first-order valence-electron chi connectivity index (χ1n) is 5.63. The third kappa shape index (κ3) is 3.03. The molecule has 1 aromatic rings. The summed E-state index contributed by atoms with van der Waals surface area (Å²) in [5.74, 6) is -0.800. The topological polar surface area (TPSA) is 66.5 Å². The van der Waals surface area contributed by atoms with Gasteiger partial charge in [0.1, 0.15) is 6.54 Å². The Morgan fingerprint density at radius 2 is 2.00 bits per heavy atom. The maximum atomic E-state index is 12.0. The monoisotopic (exact) mass is 276 g/mol. The molecule has 1 saturated heterocycles. The van der Waals surface area contributed by atoms with Crippen LogP contribution in [0.1, 0.15) is 5.56 Å². The van der Waals surface area contributed by atoms with E-state index in [0.29, 0.717) is 4.91 Å². The minimum Gasteiger partial charge on any atom is -0.358 e. The van der Waals surface area contributed by atoms with E-state index in [1.165, 1.54) is 7.05 Å². The Morgan fingerprint density at radius 1 is 1.32 bits per heavy atom. The second-order valence-electron chi connectivity index (χ2n) is 3.85. The molecule has 1 aliphatic heterocycles. The van der Waals surface area contributed by atoms with Crippen molar-refractivity contribution in [3.05, 3.63) is 40.8 Å². The van der Waals surface area contributed by atoms with Gasteiger partial charge in [-0.3, -0.25) is 19.3 Å². The van der Waals surface area contributed by atoms with Gasteiger partial charge in [0.25, 0.3) is 11.1 Å². The van der Waals surface area contributed by atoms with Crippen LogP contribution < -0.4 is 5.32 Å². The fourth-order valence-corrected chi connectivity index (χ4v) is 2.40. The van der Waals surface area contributed by atoms with Crippen LogP contribution in [0.5, 0.6) is 0 Å². The number of rotatable bonds is 3. The summed E-state index contributed by atoms with van der Waals surface area (Å²) in [5.41, 5.74) is 0.841. The second kappa shape index (κ2) is 5.71. The van der Waals surface area contributed by atoms with Gasteiger partial charge in [0.05, 0.1) is 4.91 Å². The Morgan fingerprint density at radius 3 is 2.63 bits per heavy atom. The molecule has 98 valence electrons. The van der Waals surface area contributed by atoms with Crippen LogP contribution in [0.15, 0.2) is 35.2 Å². The molecule has 3 amide bonds. The highest BCUT2D eigenvalue weighted by Gasteiger charge is 2.35. The minimum atomic E-state index is -0.428. The molecule has 6 heteroatoms. The molecular formula is C13H12N2O3S. The van der Waals surface area contributed by atoms with E-state index in [2.05, 4.69) is 5.32 Å². The van der Waals surface area contributed by atoms with Crippen LogP contribution in [0.2, 0.25) is 0 Å². The molecule has 1 aliphatic rings. The van der Waals surface area contributed by atoms with Gasteiger partial charge >= 0.3 is 0 Å². The molecule has 0 spiro atoms. The molecule has 1 fully saturated rings. The Balaban J connectivity index is 2.18. The molecular weight excluding hydrogens is 264 g/mol. The van der Waals surface area contributed by atoms with Gasteiger partial charge in [-0.05, 0) is 23.4 Å². The predicted molar refractivity (Wildman–Crippen MR) is 73.2 cm³/mol. The maximum absolute atomic E-state index is 12.0. The molecule has 0 aromatic heterocycles. The lowest BCUT2D eigenvalue weighted by molar-refractivity contribution is -0.129. The largest absolute Gasteiger partial charge is 0.358 e. The summed E-state index contributed by atoms with van der Waals surface area (Å²) in [5, 5.41) is 1.96. The molecule has 0 saturated carbocycles. The minimum absolute atomic E-state index is 0.243. The number of nitrogens with one attached hydrogen (secondary N) is 1. The van der Waals surface area contributed by atoms with Crippen molar-refractivity contribution >= 4 is 34.9 Å². The van der Waals surface area contributed by atoms with Gasteiger partial charge in [0.2, 0.25) is 5.91 Å². The van der Waals surface area contributed by atoms with Crippen LogP contribution in [-0.4, -0.2) is 35.5 Å². The second-order valence-corrected chi connectivity index (χ2v) is 4.84. The van der Waals surface area contributed by atoms with Crippen LogP contribution in [0.25, 0.3) is 6.08 Å². The third-order valence-corrected chi connectivity index (χ3v) is 3.46. The number of carbonyl (C=O) groups excluding carboxylic acids is 3. The van der Waals surface area contributed by atoms with E-state index in [1.54, 1.807) is 6.08 Å². The number of likely N-dealkylation sites (N-methyl/N-ethyl adjacent to an activating group) is 1. The van der Waals surface area contributed by atoms with Crippen LogP contribution in [0, 0.1) is 0 Å². The SMILES string of the molecule is CNC(=O)CN1C(=O)S/C(=C/c2ccccc2)C1=O. The first kappa shape index (κ1) is 13.4. The van der Waals surface area contributed by atoms with Gasteiger partial charge < -0.3 is 5.32 Å². The van der Waals surface area contributed by atoms with E-state index in [4.69, 9.17) is 0 Å². The van der Waals surface area contributed by atoms with Crippen LogP contribution in [-0.2, 0) is 9.59 Å². The lowest BCUT2D eigenvalue weighted by atomic mass is 10.2. The van der Waals surface area contributed by atoms with Gasteiger partial charge in [-0.1, -0.05) is 30.3 Å². The number of thioether (sulfide) groups is 1. The highest BCUT2D eigenvalue weighted by molar-refractivity contribution is 8.18. The summed E-state index contributed by atoms with van der Waals surface area (Å²) < 4.78 is 0. The zero-order valence-electron chi connectivity index (χ0n) is 10.3. The Labute approximate surface area is 114 Å². The molecule has 0 atom stereocenters. The van der Waals surface area contributed by atoms with Crippen molar-refractivity contribution in [1.82, 2.24) is 10.2 Å². The molecule has 0 bridgehead atoms. The summed E-state index contributed by atoms with van der Waals surface area (Å²) in [6, 6.07) is 9.25. The number of imide groups is 1. The maximum Gasteiger partial charge on any atom is 0.294 e. The van der Waals surface area contributed by atoms with E-state index < -0.39 is 11.1 Å². The molecule has 0 aliphatic carbocycles. The standard InChI is InChI=1S/C13H12N2O3S/c1-14-11(16)8-15-12(17)10(19-13(15)18)7-9-5-3-2-4-6-9/h2-7H,8H2,1H3,(H,14,16)/b10-7+. The fourth-order valence-electron chi connectivity index (χ4n) is 1.56. The van der Waals surface area contributed by atoms with Gasteiger partial charge in [-0.25, -0.2) is 0 Å². The number of carbonyl (C=O) groups is 3. The number of hydrogen-bond acceptors (Lipinski definition) is 4. The highest BCUT2D eigenvalue weighted by Crippen LogP contribution is 2.31. The van der Waals surface area contributed by atoms with E-state index in [1.807, 2.05) is 30.3 Å². The highest BCUT2D eigenvalue weighted by atomic mass is 32.2. The van der Waals surface area contributed by atoms with Gasteiger partial charge in [0.15, 0.2) is 0 Å². The van der Waals surface area contributed by atoms with Crippen molar-refractivity contribution in [3.8, 4) is 0 Å². The number of amides is 3. The van der Waals surface area contributed by atoms with Crippen molar-refractivity contribution in [3.63, 3.8) is 0 Å². The Kier molecular flexibility index (Phi) is 4.01. The van der Waals surface area contributed by atoms with Crippen molar-refractivity contribution in [1.29, 1.82) is 0 Å². The molecule has 0 unspecified atom stereocenters. The Bertz CT molecular complexity index is 554. The van der Waals surface area contributed by atoms with Crippen LogP contribution in [0.3, 0.4) is 0 Å². The van der Waals surface area contributed by atoms with Crippen LogP contribution >= 0.6 is 11.8 Å². The zero-order valence-corrected chi connectivity index (χ0v) is 11.1.